The van der Waals surface area contributed by atoms with Gasteiger partial charge in [-0.05, 0) is 12.1 Å². The van der Waals surface area contributed by atoms with Crippen LogP contribution >= 0.6 is 0 Å². The zero-order valence-electron chi connectivity index (χ0n) is 12.2. The van der Waals surface area contributed by atoms with Gasteiger partial charge in [-0.3, -0.25) is 19.3 Å². The molecular weight excluding hydrogens is 308 g/mol. The van der Waals surface area contributed by atoms with Crippen molar-refractivity contribution in [1.29, 1.82) is 0 Å². The highest BCUT2D eigenvalue weighted by Crippen LogP contribution is 2.27. The fourth-order valence-corrected chi connectivity index (χ4v) is 2.95. The lowest BCUT2D eigenvalue weighted by molar-refractivity contribution is -0.124. The molecule has 6 nitrogen and oxygen atoms in total. The number of hydrogen-bond donors (Lipinski definition) is 0. The third-order valence-electron chi connectivity index (χ3n) is 4.22. The lowest BCUT2D eigenvalue weighted by Gasteiger charge is -2.35. The number of amides is 3. The predicted molar refractivity (Wildman–Crippen MR) is 76.5 cm³/mol. The number of anilines is 1. The number of imide groups is 1. The van der Waals surface area contributed by atoms with E-state index in [1.165, 1.54) is 6.07 Å². The van der Waals surface area contributed by atoms with Gasteiger partial charge in [0.2, 0.25) is 12.3 Å². The van der Waals surface area contributed by atoms with Gasteiger partial charge >= 0.3 is 0 Å². The van der Waals surface area contributed by atoms with Gasteiger partial charge in [0, 0.05) is 32.2 Å². The van der Waals surface area contributed by atoms with Crippen molar-refractivity contribution in [3.8, 4) is 0 Å². The molecule has 2 aliphatic heterocycles. The Kier molecular flexibility index (Phi) is 4.08. The van der Waals surface area contributed by atoms with Crippen molar-refractivity contribution in [2.75, 3.05) is 31.1 Å². The highest BCUT2D eigenvalue weighted by Gasteiger charge is 2.43. The van der Waals surface area contributed by atoms with Crippen molar-refractivity contribution in [2.24, 2.45) is 0 Å². The first-order valence-corrected chi connectivity index (χ1v) is 7.26. The van der Waals surface area contributed by atoms with Crippen LogP contribution in [0.3, 0.4) is 0 Å². The summed E-state index contributed by atoms with van der Waals surface area (Å²) in [7, 11) is 0. The van der Waals surface area contributed by atoms with Crippen LogP contribution in [0.2, 0.25) is 0 Å². The average Bonchev–Trinajstić information content (AvgIpc) is 2.85. The van der Waals surface area contributed by atoms with Gasteiger partial charge in [0.05, 0.1) is 18.2 Å². The van der Waals surface area contributed by atoms with E-state index in [2.05, 4.69) is 0 Å². The van der Waals surface area contributed by atoms with Crippen LogP contribution in [-0.2, 0) is 14.4 Å². The molecular formula is C15H15F2N3O3. The number of rotatable bonds is 3. The Morgan fingerprint density at radius 2 is 1.74 bits per heavy atom. The molecule has 3 amide bonds. The molecule has 0 aromatic heterocycles. The van der Waals surface area contributed by atoms with Gasteiger partial charge in [0.25, 0.3) is 5.91 Å². The maximum Gasteiger partial charge on any atom is 0.251 e. The highest BCUT2D eigenvalue weighted by atomic mass is 19.2. The summed E-state index contributed by atoms with van der Waals surface area (Å²) < 4.78 is 26.4. The molecule has 1 atom stereocenters. The van der Waals surface area contributed by atoms with E-state index in [-0.39, 0.29) is 12.1 Å². The summed E-state index contributed by atoms with van der Waals surface area (Å²) in [5.41, 5.74) is 0.0351. The fourth-order valence-electron chi connectivity index (χ4n) is 2.95. The van der Waals surface area contributed by atoms with E-state index in [1.807, 2.05) is 4.90 Å². The summed E-state index contributed by atoms with van der Waals surface area (Å²) in [6, 6.07) is 2.32. The summed E-state index contributed by atoms with van der Waals surface area (Å²) in [6.07, 6.45) is 0.755. The van der Waals surface area contributed by atoms with Crippen LogP contribution < -0.4 is 4.90 Å². The second-order valence-corrected chi connectivity index (χ2v) is 5.56. The van der Waals surface area contributed by atoms with Crippen molar-refractivity contribution < 1.29 is 23.2 Å². The van der Waals surface area contributed by atoms with Crippen LogP contribution in [0.25, 0.3) is 0 Å². The smallest absolute Gasteiger partial charge is 0.251 e. The van der Waals surface area contributed by atoms with E-state index >= 15 is 0 Å². The summed E-state index contributed by atoms with van der Waals surface area (Å²) in [6.45, 7) is 1.97. The van der Waals surface area contributed by atoms with Crippen LogP contribution in [0.1, 0.15) is 6.42 Å². The molecule has 1 aromatic carbocycles. The van der Waals surface area contributed by atoms with Crippen LogP contribution in [0, 0.1) is 11.6 Å². The van der Waals surface area contributed by atoms with Crippen LogP contribution in [-0.4, -0.2) is 60.2 Å². The zero-order chi connectivity index (χ0) is 16.6. The van der Waals surface area contributed by atoms with Crippen molar-refractivity contribution >= 4 is 23.9 Å². The van der Waals surface area contributed by atoms with E-state index < -0.39 is 29.5 Å². The minimum Gasteiger partial charge on any atom is -0.343 e. The molecule has 3 rings (SSSR count). The number of benzene rings is 1. The molecule has 23 heavy (non-hydrogen) atoms. The van der Waals surface area contributed by atoms with Gasteiger partial charge in [-0.1, -0.05) is 0 Å². The molecule has 2 heterocycles. The van der Waals surface area contributed by atoms with E-state index in [0.29, 0.717) is 26.2 Å². The van der Waals surface area contributed by atoms with Gasteiger partial charge < -0.3 is 4.90 Å². The Morgan fingerprint density at radius 3 is 2.35 bits per heavy atom. The maximum absolute atomic E-state index is 13.3. The minimum atomic E-state index is -1.11. The zero-order valence-corrected chi connectivity index (χ0v) is 12.2. The van der Waals surface area contributed by atoms with Crippen LogP contribution in [0.5, 0.6) is 0 Å². The predicted octanol–water partition coefficient (Wildman–Crippen LogP) is 0.371. The number of carbonyl (C=O) groups excluding carboxylic acids is 3. The molecule has 0 radical (unpaired) electrons. The topological polar surface area (TPSA) is 60.9 Å². The Labute approximate surface area is 131 Å². The molecule has 2 aliphatic rings. The highest BCUT2D eigenvalue weighted by molar-refractivity contribution is 6.22. The molecule has 1 aromatic rings. The van der Waals surface area contributed by atoms with Gasteiger partial charge in [-0.15, -0.1) is 0 Å². The molecule has 2 saturated heterocycles. The first-order valence-electron chi connectivity index (χ1n) is 7.26. The maximum atomic E-state index is 13.3. The normalized spacial score (nSPS) is 22.8. The minimum absolute atomic E-state index is 0.00107. The van der Waals surface area contributed by atoms with Gasteiger partial charge in [0.15, 0.2) is 11.6 Å². The lowest BCUT2D eigenvalue weighted by atomic mass is 10.2. The Balaban J connectivity index is 1.77. The number of carbonyl (C=O) groups is 3. The monoisotopic (exact) mass is 323 g/mol. The van der Waals surface area contributed by atoms with E-state index in [4.69, 9.17) is 0 Å². The third-order valence-corrected chi connectivity index (χ3v) is 4.22. The summed E-state index contributed by atoms with van der Waals surface area (Å²) in [5.74, 6) is -3.02. The standard InChI is InChI=1S/C15H15F2N3O3/c16-11-2-1-10(7-12(11)17)20-14(22)8-13(15(20)23)19-5-3-18(9-21)4-6-19/h1-2,7,9,13H,3-6,8H2. The van der Waals surface area contributed by atoms with Crippen molar-refractivity contribution in [2.45, 2.75) is 12.5 Å². The molecule has 0 spiro atoms. The average molecular weight is 323 g/mol. The number of hydrogen-bond acceptors (Lipinski definition) is 4. The van der Waals surface area contributed by atoms with E-state index in [0.717, 1.165) is 23.4 Å². The van der Waals surface area contributed by atoms with Crippen LogP contribution in [0.15, 0.2) is 18.2 Å². The van der Waals surface area contributed by atoms with E-state index in [9.17, 15) is 23.2 Å². The quantitative estimate of drug-likeness (QED) is 0.596. The van der Waals surface area contributed by atoms with Crippen molar-refractivity contribution in [1.82, 2.24) is 9.80 Å². The second kappa shape index (κ2) is 6.04. The summed E-state index contributed by atoms with van der Waals surface area (Å²) in [5, 5.41) is 0. The summed E-state index contributed by atoms with van der Waals surface area (Å²) in [4.78, 5) is 39.7. The van der Waals surface area contributed by atoms with Crippen molar-refractivity contribution in [3.63, 3.8) is 0 Å². The number of halogens is 2. The molecule has 8 heteroatoms. The molecule has 0 aliphatic carbocycles. The lowest BCUT2D eigenvalue weighted by Crippen LogP contribution is -2.52. The molecule has 2 fully saturated rings. The molecule has 1 unspecified atom stereocenters. The molecule has 0 bridgehead atoms. The Bertz CT molecular complexity index is 659. The summed E-state index contributed by atoms with van der Waals surface area (Å²) >= 11 is 0. The number of piperazine rings is 1. The Morgan fingerprint density at radius 1 is 1.04 bits per heavy atom. The van der Waals surface area contributed by atoms with Crippen molar-refractivity contribution in [3.05, 3.63) is 29.8 Å². The third kappa shape index (κ3) is 2.81. The SMILES string of the molecule is O=CN1CCN(C2CC(=O)N(c3ccc(F)c(F)c3)C2=O)CC1. The number of nitrogens with zero attached hydrogens (tertiary/aromatic N) is 3. The van der Waals surface area contributed by atoms with Gasteiger partial charge in [0.1, 0.15) is 0 Å². The Hall–Kier alpha value is -2.35. The first-order chi connectivity index (χ1) is 11.0. The van der Waals surface area contributed by atoms with Crippen LogP contribution in [0.4, 0.5) is 14.5 Å². The first kappa shape index (κ1) is 15.5. The molecule has 122 valence electrons. The molecule has 0 N–H and O–H groups in total. The largest absolute Gasteiger partial charge is 0.343 e. The van der Waals surface area contributed by atoms with Gasteiger partial charge in [-0.25, -0.2) is 13.7 Å². The van der Waals surface area contributed by atoms with Gasteiger partial charge in [-0.2, -0.15) is 0 Å². The second-order valence-electron chi connectivity index (χ2n) is 5.56. The van der Waals surface area contributed by atoms with E-state index in [1.54, 1.807) is 4.90 Å². The molecule has 0 saturated carbocycles. The fraction of sp³-hybridized carbons (Fsp3) is 0.400.